The molecule has 1 aliphatic carbocycles. The number of morpholine rings is 1. The van der Waals surface area contributed by atoms with Gasteiger partial charge in [0.05, 0.1) is 24.5 Å². The van der Waals surface area contributed by atoms with Crippen LogP contribution in [0.5, 0.6) is 0 Å². The van der Waals surface area contributed by atoms with Crippen LogP contribution in [0.4, 0.5) is 20.2 Å². The number of halogens is 2. The number of hydrogen-bond acceptors (Lipinski definition) is 4. The van der Waals surface area contributed by atoms with Crippen molar-refractivity contribution in [2.24, 2.45) is 5.92 Å². The SMILES string of the molecule is O=C(NCc1cc(F)cc(F)c1)c1ccc(NC(=O)C2CCC2)cc1N1CCOCC1. The van der Waals surface area contributed by atoms with Crippen molar-refractivity contribution < 1.29 is 23.1 Å². The van der Waals surface area contributed by atoms with Crippen molar-refractivity contribution in [1.29, 1.82) is 0 Å². The van der Waals surface area contributed by atoms with Gasteiger partial charge < -0.3 is 20.3 Å². The Balaban J connectivity index is 1.52. The fourth-order valence-electron chi connectivity index (χ4n) is 3.77. The Bertz CT molecular complexity index is 952. The van der Waals surface area contributed by atoms with Gasteiger partial charge >= 0.3 is 0 Å². The molecule has 4 rings (SSSR count). The van der Waals surface area contributed by atoms with Crippen LogP contribution in [0.2, 0.25) is 0 Å². The standard InChI is InChI=1S/C23H25F2N3O3/c24-17-10-15(11-18(25)12-17)14-26-23(30)20-5-4-19(27-22(29)16-2-1-3-16)13-21(20)28-6-8-31-9-7-28/h4-5,10-13,16H,1-3,6-9,14H2,(H,26,30)(H,27,29). The monoisotopic (exact) mass is 429 g/mol. The fourth-order valence-corrected chi connectivity index (χ4v) is 3.77. The van der Waals surface area contributed by atoms with Crippen molar-refractivity contribution in [3.05, 3.63) is 59.2 Å². The molecule has 1 saturated heterocycles. The van der Waals surface area contributed by atoms with Crippen molar-refractivity contribution in [2.75, 3.05) is 36.5 Å². The number of carbonyl (C=O) groups excluding carboxylic acids is 2. The van der Waals surface area contributed by atoms with Crippen LogP contribution in [-0.4, -0.2) is 38.1 Å². The first kappa shape index (κ1) is 21.2. The highest BCUT2D eigenvalue weighted by Gasteiger charge is 2.26. The molecule has 2 amide bonds. The summed E-state index contributed by atoms with van der Waals surface area (Å²) in [7, 11) is 0. The quantitative estimate of drug-likeness (QED) is 0.738. The molecule has 164 valence electrons. The Kier molecular flexibility index (Phi) is 6.46. The van der Waals surface area contributed by atoms with E-state index in [1.165, 1.54) is 12.1 Å². The van der Waals surface area contributed by atoms with Gasteiger partial charge in [-0.2, -0.15) is 0 Å². The highest BCUT2D eigenvalue weighted by molar-refractivity contribution is 6.01. The third kappa shape index (κ3) is 5.19. The molecule has 2 aromatic rings. The van der Waals surface area contributed by atoms with Crippen LogP contribution in [0, 0.1) is 17.6 Å². The molecule has 2 fully saturated rings. The van der Waals surface area contributed by atoms with E-state index in [0.29, 0.717) is 48.8 Å². The lowest BCUT2D eigenvalue weighted by molar-refractivity contribution is -0.122. The lowest BCUT2D eigenvalue weighted by Gasteiger charge is -2.31. The molecule has 2 N–H and O–H groups in total. The highest BCUT2D eigenvalue weighted by Crippen LogP contribution is 2.30. The van der Waals surface area contributed by atoms with E-state index in [1.54, 1.807) is 18.2 Å². The number of benzene rings is 2. The topological polar surface area (TPSA) is 70.7 Å². The normalized spacial score (nSPS) is 16.5. The largest absolute Gasteiger partial charge is 0.378 e. The molecule has 0 bridgehead atoms. The van der Waals surface area contributed by atoms with Gasteiger partial charge in [-0.1, -0.05) is 6.42 Å². The van der Waals surface area contributed by atoms with Crippen LogP contribution in [-0.2, 0) is 16.1 Å². The second-order valence-corrected chi connectivity index (χ2v) is 7.91. The van der Waals surface area contributed by atoms with Gasteiger partial charge in [-0.3, -0.25) is 9.59 Å². The summed E-state index contributed by atoms with van der Waals surface area (Å²) in [6, 6.07) is 8.34. The Labute approximate surface area is 179 Å². The number of carbonyl (C=O) groups is 2. The average Bonchev–Trinajstić information content (AvgIpc) is 2.70. The van der Waals surface area contributed by atoms with Crippen molar-refractivity contribution in [3.63, 3.8) is 0 Å². The maximum atomic E-state index is 13.4. The molecular formula is C23H25F2N3O3. The summed E-state index contributed by atoms with van der Waals surface area (Å²) in [5.74, 6) is -1.68. The molecule has 1 aliphatic heterocycles. The second-order valence-electron chi connectivity index (χ2n) is 7.91. The maximum absolute atomic E-state index is 13.4. The lowest BCUT2D eigenvalue weighted by atomic mass is 9.85. The van der Waals surface area contributed by atoms with Crippen molar-refractivity contribution in [1.82, 2.24) is 5.32 Å². The zero-order valence-electron chi connectivity index (χ0n) is 17.1. The van der Waals surface area contributed by atoms with Gasteiger partial charge in [0.2, 0.25) is 5.91 Å². The zero-order chi connectivity index (χ0) is 21.8. The third-order valence-corrected chi connectivity index (χ3v) is 5.71. The van der Waals surface area contributed by atoms with Gasteiger partial charge in [0, 0.05) is 37.3 Å². The highest BCUT2D eigenvalue weighted by atomic mass is 19.1. The van der Waals surface area contributed by atoms with Gasteiger partial charge in [0.25, 0.3) is 5.91 Å². The van der Waals surface area contributed by atoms with Crippen molar-refractivity contribution >= 4 is 23.2 Å². The lowest BCUT2D eigenvalue weighted by Crippen LogP contribution is -2.38. The van der Waals surface area contributed by atoms with Crippen LogP contribution in [0.15, 0.2) is 36.4 Å². The fraction of sp³-hybridized carbons (Fsp3) is 0.391. The third-order valence-electron chi connectivity index (χ3n) is 5.71. The molecule has 8 heteroatoms. The van der Waals surface area contributed by atoms with E-state index in [4.69, 9.17) is 4.74 Å². The van der Waals surface area contributed by atoms with Crippen LogP contribution >= 0.6 is 0 Å². The Hall–Kier alpha value is -3.00. The maximum Gasteiger partial charge on any atom is 0.253 e. The molecule has 0 spiro atoms. The van der Waals surface area contributed by atoms with Crippen molar-refractivity contribution in [2.45, 2.75) is 25.8 Å². The molecule has 6 nitrogen and oxygen atoms in total. The van der Waals surface area contributed by atoms with Crippen LogP contribution in [0.1, 0.15) is 35.2 Å². The van der Waals surface area contributed by atoms with E-state index in [9.17, 15) is 18.4 Å². The van der Waals surface area contributed by atoms with Crippen molar-refractivity contribution in [3.8, 4) is 0 Å². The number of rotatable bonds is 6. The van der Waals surface area contributed by atoms with E-state index < -0.39 is 11.6 Å². The molecule has 0 radical (unpaired) electrons. The molecule has 2 aliphatic rings. The number of anilines is 2. The first-order valence-corrected chi connectivity index (χ1v) is 10.5. The van der Waals surface area contributed by atoms with Gasteiger partial charge in [-0.05, 0) is 48.7 Å². The zero-order valence-corrected chi connectivity index (χ0v) is 17.1. The van der Waals surface area contributed by atoms with E-state index in [-0.39, 0.29) is 24.3 Å². The molecule has 0 aromatic heterocycles. The van der Waals surface area contributed by atoms with E-state index in [2.05, 4.69) is 10.6 Å². The molecule has 2 aromatic carbocycles. The smallest absolute Gasteiger partial charge is 0.253 e. The number of nitrogens with one attached hydrogen (secondary N) is 2. The van der Waals surface area contributed by atoms with Crippen LogP contribution in [0.25, 0.3) is 0 Å². The van der Waals surface area contributed by atoms with Gasteiger partial charge in [0.1, 0.15) is 11.6 Å². The molecule has 1 heterocycles. The summed E-state index contributed by atoms with van der Waals surface area (Å²) in [6.07, 6.45) is 2.89. The summed E-state index contributed by atoms with van der Waals surface area (Å²) in [5, 5.41) is 5.68. The summed E-state index contributed by atoms with van der Waals surface area (Å²) >= 11 is 0. The van der Waals surface area contributed by atoms with E-state index in [1.807, 2.05) is 4.90 Å². The Morgan fingerprint density at radius 2 is 1.74 bits per heavy atom. The summed E-state index contributed by atoms with van der Waals surface area (Å²) < 4.78 is 32.2. The first-order chi connectivity index (χ1) is 15.0. The molecule has 0 unspecified atom stereocenters. The van der Waals surface area contributed by atoms with Crippen LogP contribution in [0.3, 0.4) is 0 Å². The Morgan fingerprint density at radius 1 is 1.03 bits per heavy atom. The Morgan fingerprint density at radius 3 is 2.39 bits per heavy atom. The number of ether oxygens (including phenoxy) is 1. The number of hydrogen-bond donors (Lipinski definition) is 2. The van der Waals surface area contributed by atoms with Gasteiger partial charge in [-0.25, -0.2) is 8.78 Å². The van der Waals surface area contributed by atoms with E-state index >= 15 is 0 Å². The first-order valence-electron chi connectivity index (χ1n) is 10.5. The molecule has 1 saturated carbocycles. The van der Waals surface area contributed by atoms with Gasteiger partial charge in [0.15, 0.2) is 0 Å². The minimum Gasteiger partial charge on any atom is -0.378 e. The summed E-state index contributed by atoms with van der Waals surface area (Å²) in [4.78, 5) is 27.3. The average molecular weight is 429 g/mol. The number of amides is 2. The van der Waals surface area contributed by atoms with Gasteiger partial charge in [-0.15, -0.1) is 0 Å². The predicted octanol–water partition coefficient (Wildman–Crippen LogP) is 3.47. The summed E-state index contributed by atoms with van der Waals surface area (Å²) in [5.41, 5.74) is 2.10. The minimum atomic E-state index is -0.690. The predicted molar refractivity (Wildman–Crippen MR) is 113 cm³/mol. The molecular weight excluding hydrogens is 404 g/mol. The second kappa shape index (κ2) is 9.43. The molecule has 0 atom stereocenters. The molecule has 31 heavy (non-hydrogen) atoms. The van der Waals surface area contributed by atoms with Crippen LogP contribution < -0.4 is 15.5 Å². The van der Waals surface area contributed by atoms with E-state index in [0.717, 1.165) is 25.3 Å². The number of nitrogens with zero attached hydrogens (tertiary/aromatic N) is 1. The summed E-state index contributed by atoms with van der Waals surface area (Å²) in [6.45, 7) is 2.33. The minimum absolute atomic E-state index is 0.00374.